The quantitative estimate of drug-likeness (QED) is 0.618. The summed E-state index contributed by atoms with van der Waals surface area (Å²) >= 11 is 0. The lowest BCUT2D eigenvalue weighted by molar-refractivity contribution is -0.524. The van der Waals surface area contributed by atoms with Crippen LogP contribution in [-0.4, -0.2) is 0 Å². The molecule has 1 radical (unpaired) electrons. The van der Waals surface area contributed by atoms with Crippen molar-refractivity contribution in [2.45, 2.75) is 20.8 Å². The Morgan fingerprint density at radius 3 is 2.38 bits per heavy atom. The number of hydrogen-bond donors (Lipinski definition) is 1. The van der Waals surface area contributed by atoms with Crippen molar-refractivity contribution in [3.05, 3.63) is 35.5 Å². The van der Waals surface area contributed by atoms with Crippen molar-refractivity contribution in [3.8, 4) is 0 Å². The maximum Gasteiger partial charge on any atom is 0.191 e. The van der Waals surface area contributed by atoms with Crippen molar-refractivity contribution in [1.82, 2.24) is 0 Å². The molecule has 1 aromatic carbocycles. The zero-order chi connectivity index (χ0) is 9.47. The maximum absolute atomic E-state index is 3.44. The first-order valence-electron chi connectivity index (χ1n) is 4.65. The second kappa shape index (κ2) is 2.71. The van der Waals surface area contributed by atoms with E-state index in [-0.39, 0.29) is 5.41 Å². The number of rotatable bonds is 0. The summed E-state index contributed by atoms with van der Waals surface area (Å²) in [5.41, 5.74) is 4.03. The van der Waals surface area contributed by atoms with Crippen molar-refractivity contribution in [2.24, 2.45) is 5.41 Å². The highest BCUT2D eigenvalue weighted by Crippen LogP contribution is 2.28. The van der Waals surface area contributed by atoms with Crippen molar-refractivity contribution >= 4 is 11.8 Å². The van der Waals surface area contributed by atoms with Gasteiger partial charge >= 0.3 is 0 Å². The predicted octanol–water partition coefficient (Wildman–Crippen LogP) is 2.07. The van der Waals surface area contributed by atoms with E-state index < -0.39 is 0 Å². The van der Waals surface area contributed by atoms with Crippen molar-refractivity contribution < 1.29 is 5.32 Å². The van der Waals surface area contributed by atoms with Gasteiger partial charge in [0.15, 0.2) is 11.4 Å². The Labute approximate surface area is 79.5 Å². The molecule has 0 aromatic heterocycles. The van der Waals surface area contributed by atoms with E-state index in [1.807, 2.05) is 0 Å². The van der Waals surface area contributed by atoms with Crippen LogP contribution < -0.4 is 5.32 Å². The molecule has 2 rings (SSSR count). The van der Waals surface area contributed by atoms with E-state index in [2.05, 4.69) is 56.4 Å². The van der Waals surface area contributed by atoms with Crippen molar-refractivity contribution in [2.75, 3.05) is 0 Å². The summed E-state index contributed by atoms with van der Waals surface area (Å²) in [6, 6.07) is 8.39. The second-order valence-electron chi connectivity index (χ2n) is 4.52. The highest BCUT2D eigenvalue weighted by atomic mass is 14.9. The molecular weight excluding hydrogens is 158 g/mol. The molecule has 0 unspecified atom stereocenters. The molecule has 0 spiro atoms. The molecule has 0 bridgehead atoms. The first-order chi connectivity index (χ1) is 6.07. The Balaban J connectivity index is 2.37. The highest BCUT2D eigenvalue weighted by Gasteiger charge is 2.30. The van der Waals surface area contributed by atoms with Gasteiger partial charge in [-0.15, -0.1) is 5.32 Å². The number of anilines is 1. The molecule has 0 saturated heterocycles. The van der Waals surface area contributed by atoms with Gasteiger partial charge in [-0.05, 0) is 6.07 Å². The van der Waals surface area contributed by atoms with Crippen LogP contribution in [0, 0.1) is 5.41 Å². The number of para-hydroxylation sites is 1. The zero-order valence-electron chi connectivity index (χ0n) is 8.39. The fourth-order valence-corrected chi connectivity index (χ4v) is 1.48. The number of benzene rings is 1. The summed E-state index contributed by atoms with van der Waals surface area (Å²) in [7, 11) is 0. The minimum atomic E-state index is 0.207. The molecule has 1 aliphatic rings. The van der Waals surface area contributed by atoms with E-state index in [0.717, 1.165) is 0 Å². The molecule has 67 valence electrons. The molecule has 1 aliphatic heterocycles. The third kappa shape index (κ3) is 1.52. The van der Waals surface area contributed by atoms with Gasteiger partial charge in [-0.3, -0.25) is 0 Å². The molecule has 0 aliphatic carbocycles. The third-order valence-corrected chi connectivity index (χ3v) is 2.34. The van der Waals surface area contributed by atoms with Gasteiger partial charge in [0.05, 0.1) is 0 Å². The molecule has 0 fully saturated rings. The Kier molecular flexibility index (Phi) is 1.77. The molecule has 1 heteroatoms. The molecule has 0 saturated carbocycles. The normalized spacial score (nSPS) is 15.5. The minimum Gasteiger partial charge on any atom is -0.113 e. The Bertz CT molecular complexity index is 356. The lowest BCUT2D eigenvalue weighted by Crippen LogP contribution is -2.76. The van der Waals surface area contributed by atoms with Gasteiger partial charge in [0.2, 0.25) is 0 Å². The Morgan fingerprint density at radius 2 is 1.77 bits per heavy atom. The summed E-state index contributed by atoms with van der Waals surface area (Å²) in [6.07, 6.45) is 2.23. The van der Waals surface area contributed by atoms with Crippen LogP contribution in [0.4, 0.5) is 5.69 Å². The zero-order valence-corrected chi connectivity index (χ0v) is 8.39. The molecule has 1 nitrogen and oxygen atoms in total. The first kappa shape index (κ1) is 8.52. The molecule has 1 aromatic rings. The van der Waals surface area contributed by atoms with Gasteiger partial charge in [-0.2, -0.15) is 0 Å². The van der Waals surface area contributed by atoms with Crippen LogP contribution in [0.1, 0.15) is 26.3 Å². The standard InChI is InChI=1S/C12H15N/c1-12(2,3)11-8-9-6-4-5-7-10(9)13-11/h4-8,13H,1-3H3/q+1. The fourth-order valence-electron chi connectivity index (χ4n) is 1.48. The lowest BCUT2D eigenvalue weighted by Gasteiger charge is -2.12. The van der Waals surface area contributed by atoms with Crippen LogP contribution in [0.15, 0.2) is 30.0 Å². The fraction of sp³-hybridized carbons (Fsp3) is 0.333. The van der Waals surface area contributed by atoms with Crippen LogP contribution in [0.5, 0.6) is 0 Å². The smallest absolute Gasteiger partial charge is 0.113 e. The summed E-state index contributed by atoms with van der Waals surface area (Å²) < 4.78 is 0. The van der Waals surface area contributed by atoms with Crippen LogP contribution in [0.2, 0.25) is 0 Å². The summed E-state index contributed by atoms with van der Waals surface area (Å²) in [5, 5.41) is 3.44. The van der Waals surface area contributed by atoms with Gasteiger partial charge < -0.3 is 0 Å². The average molecular weight is 173 g/mol. The number of allylic oxidation sites excluding steroid dienone is 1. The third-order valence-electron chi connectivity index (χ3n) is 2.34. The van der Waals surface area contributed by atoms with Crippen molar-refractivity contribution in [3.63, 3.8) is 0 Å². The Hall–Kier alpha value is -1.08. The molecular formula is C12H15N+. The summed E-state index contributed by atoms with van der Waals surface area (Å²) in [4.78, 5) is 0. The van der Waals surface area contributed by atoms with Crippen LogP contribution >= 0.6 is 0 Å². The van der Waals surface area contributed by atoms with Gasteiger partial charge in [-0.25, -0.2) is 0 Å². The largest absolute Gasteiger partial charge is 0.191 e. The number of fused-ring (bicyclic) bond motifs is 1. The van der Waals surface area contributed by atoms with E-state index in [9.17, 15) is 0 Å². The van der Waals surface area contributed by atoms with E-state index in [1.165, 1.54) is 16.9 Å². The van der Waals surface area contributed by atoms with Crippen LogP contribution in [0.3, 0.4) is 0 Å². The van der Waals surface area contributed by atoms with Gasteiger partial charge in [0, 0.05) is 23.1 Å². The van der Waals surface area contributed by atoms with Crippen LogP contribution in [0.25, 0.3) is 6.08 Å². The molecule has 1 N–H and O–H groups in total. The average Bonchev–Trinajstić information content (AvgIpc) is 2.45. The molecule has 13 heavy (non-hydrogen) atoms. The van der Waals surface area contributed by atoms with Crippen molar-refractivity contribution in [1.29, 1.82) is 0 Å². The first-order valence-corrected chi connectivity index (χ1v) is 4.65. The minimum absolute atomic E-state index is 0.207. The van der Waals surface area contributed by atoms with Gasteiger partial charge in [0.1, 0.15) is 0 Å². The van der Waals surface area contributed by atoms with Crippen LogP contribution in [-0.2, 0) is 0 Å². The monoisotopic (exact) mass is 173 g/mol. The number of hydrogen-bond acceptors (Lipinski definition) is 1. The maximum atomic E-state index is 3.44. The predicted molar refractivity (Wildman–Crippen MR) is 54.5 cm³/mol. The van der Waals surface area contributed by atoms with Gasteiger partial charge in [-0.1, -0.05) is 32.9 Å². The van der Waals surface area contributed by atoms with E-state index in [1.54, 1.807) is 0 Å². The molecule has 1 heterocycles. The molecule has 0 atom stereocenters. The SMILES string of the molecule is CC(C)(C)C1=Cc2ccccc2[NH+]1. The topological polar surface area (TPSA) is 15.6 Å². The van der Waals surface area contributed by atoms with Gasteiger partial charge in [0.25, 0.3) is 0 Å². The second-order valence-corrected chi connectivity index (χ2v) is 4.52. The lowest BCUT2D eigenvalue weighted by atomic mass is 9.92. The van der Waals surface area contributed by atoms with E-state index >= 15 is 0 Å². The van der Waals surface area contributed by atoms with E-state index in [0.29, 0.717) is 0 Å². The Morgan fingerprint density at radius 1 is 1.08 bits per heavy atom. The number of nitrogens with one attached hydrogen (secondary N) is 1. The summed E-state index contributed by atoms with van der Waals surface area (Å²) in [5.74, 6) is 0. The molecule has 0 amide bonds. The van der Waals surface area contributed by atoms with E-state index in [4.69, 9.17) is 0 Å². The highest BCUT2D eigenvalue weighted by molar-refractivity contribution is 5.65. The summed E-state index contributed by atoms with van der Waals surface area (Å²) in [6.45, 7) is 6.66.